The molecule has 0 bridgehead atoms. The van der Waals surface area contributed by atoms with E-state index in [4.69, 9.17) is 4.74 Å². The first-order chi connectivity index (χ1) is 14.8. The highest BCUT2D eigenvalue weighted by Crippen LogP contribution is 2.27. The number of thiazole rings is 1. The van der Waals surface area contributed by atoms with Gasteiger partial charge in [0.15, 0.2) is 5.13 Å². The molecular formula is C22H19F3N2O2S2. The zero-order chi connectivity index (χ0) is 22.3. The van der Waals surface area contributed by atoms with Gasteiger partial charge in [0.1, 0.15) is 5.75 Å². The lowest BCUT2D eigenvalue weighted by Gasteiger charge is -2.05. The van der Waals surface area contributed by atoms with E-state index in [1.807, 2.05) is 29.6 Å². The second-order valence-electron chi connectivity index (χ2n) is 6.37. The largest absolute Gasteiger partial charge is 0.497 e. The monoisotopic (exact) mass is 464 g/mol. The molecule has 31 heavy (non-hydrogen) atoms. The molecule has 1 aromatic heterocycles. The van der Waals surface area contributed by atoms with E-state index in [9.17, 15) is 18.0 Å². The minimum absolute atomic E-state index is 0.0204. The first kappa shape index (κ1) is 22.9. The fourth-order valence-corrected chi connectivity index (χ4v) is 4.12. The maximum absolute atomic E-state index is 12.2. The number of benzene rings is 2. The van der Waals surface area contributed by atoms with Gasteiger partial charge in [-0.25, -0.2) is 4.98 Å². The molecule has 0 spiro atoms. The summed E-state index contributed by atoms with van der Waals surface area (Å²) in [5.74, 6) is 0.415. The summed E-state index contributed by atoms with van der Waals surface area (Å²) in [6.07, 6.45) is -1.94. The summed E-state index contributed by atoms with van der Waals surface area (Å²) in [4.78, 5) is 17.3. The molecule has 9 heteroatoms. The number of aromatic nitrogens is 1. The van der Waals surface area contributed by atoms with Gasteiger partial charge >= 0.3 is 6.18 Å². The van der Waals surface area contributed by atoms with Crippen molar-refractivity contribution in [2.45, 2.75) is 17.5 Å². The third-order valence-corrected chi connectivity index (χ3v) is 5.85. The molecule has 0 fully saturated rings. The number of methoxy groups -OCH3 is 1. The molecule has 0 unspecified atom stereocenters. The minimum atomic E-state index is -4.14. The lowest BCUT2D eigenvalue weighted by atomic mass is 10.2. The van der Waals surface area contributed by atoms with Gasteiger partial charge < -0.3 is 4.74 Å². The van der Waals surface area contributed by atoms with Crippen LogP contribution in [0, 0.1) is 0 Å². The summed E-state index contributed by atoms with van der Waals surface area (Å²) in [5.41, 5.74) is 2.44. The Morgan fingerprint density at radius 3 is 2.52 bits per heavy atom. The SMILES string of the molecule is COc1ccc(-c2csc(NC(=O)/C=C\c3ccc(SCCC(F)(F)F)cc3)n2)cc1. The van der Waals surface area contributed by atoms with Crippen LogP contribution in [0.3, 0.4) is 0 Å². The standard InChI is InChI=1S/C22H19F3N2O2S2/c1-29-17-7-5-16(6-8-17)19-14-31-21(26-19)27-20(28)11-4-15-2-9-18(10-3-15)30-13-12-22(23,24)25/h2-11,14H,12-13H2,1H3,(H,26,27,28)/b11-4-. The third kappa shape index (κ3) is 7.45. The molecule has 3 rings (SSSR count). The van der Waals surface area contributed by atoms with E-state index in [1.54, 1.807) is 37.5 Å². The number of alkyl halides is 3. The molecular weight excluding hydrogens is 445 g/mol. The molecule has 0 atom stereocenters. The van der Waals surface area contributed by atoms with Crippen LogP contribution in [0.5, 0.6) is 5.75 Å². The number of ether oxygens (including phenoxy) is 1. The van der Waals surface area contributed by atoms with E-state index in [0.717, 1.165) is 39.2 Å². The first-order valence-electron chi connectivity index (χ1n) is 9.21. The van der Waals surface area contributed by atoms with E-state index < -0.39 is 12.6 Å². The van der Waals surface area contributed by atoms with Gasteiger partial charge in [-0.15, -0.1) is 23.1 Å². The summed E-state index contributed by atoms with van der Waals surface area (Å²) in [7, 11) is 1.60. The summed E-state index contributed by atoms with van der Waals surface area (Å²) in [5, 5.41) is 5.07. The van der Waals surface area contributed by atoms with Crippen molar-refractivity contribution < 1.29 is 22.7 Å². The molecule has 162 valence electrons. The van der Waals surface area contributed by atoms with Crippen LogP contribution in [0.2, 0.25) is 0 Å². The zero-order valence-electron chi connectivity index (χ0n) is 16.5. The summed E-state index contributed by atoms with van der Waals surface area (Å²) in [6, 6.07) is 14.5. The second-order valence-corrected chi connectivity index (χ2v) is 8.40. The number of amides is 1. The van der Waals surface area contributed by atoms with E-state index in [1.165, 1.54) is 17.4 Å². The highest BCUT2D eigenvalue weighted by molar-refractivity contribution is 7.99. The van der Waals surface area contributed by atoms with Crippen LogP contribution >= 0.6 is 23.1 Å². The highest BCUT2D eigenvalue weighted by atomic mass is 32.2. The van der Waals surface area contributed by atoms with Gasteiger partial charge in [-0.05, 0) is 48.0 Å². The van der Waals surface area contributed by atoms with Crippen molar-refractivity contribution in [1.29, 1.82) is 0 Å². The summed E-state index contributed by atoms with van der Waals surface area (Å²) in [6.45, 7) is 0. The van der Waals surface area contributed by atoms with Crippen LogP contribution in [-0.2, 0) is 4.79 Å². The van der Waals surface area contributed by atoms with Gasteiger partial charge in [-0.2, -0.15) is 13.2 Å². The molecule has 4 nitrogen and oxygen atoms in total. The Balaban J connectivity index is 1.51. The number of thioether (sulfide) groups is 1. The number of hydrogen-bond acceptors (Lipinski definition) is 5. The van der Waals surface area contributed by atoms with Gasteiger partial charge in [-0.3, -0.25) is 10.1 Å². The third-order valence-electron chi connectivity index (χ3n) is 4.08. The Morgan fingerprint density at radius 2 is 1.87 bits per heavy atom. The summed E-state index contributed by atoms with van der Waals surface area (Å²) < 4.78 is 41.7. The zero-order valence-corrected chi connectivity index (χ0v) is 18.1. The molecule has 1 heterocycles. The van der Waals surface area contributed by atoms with E-state index in [0.29, 0.717) is 5.13 Å². The lowest BCUT2D eigenvalue weighted by Crippen LogP contribution is -2.07. The number of halogens is 3. The topological polar surface area (TPSA) is 51.2 Å². The van der Waals surface area contributed by atoms with E-state index >= 15 is 0 Å². The fraction of sp³-hybridized carbons (Fsp3) is 0.182. The van der Waals surface area contributed by atoms with E-state index in [2.05, 4.69) is 10.3 Å². The van der Waals surface area contributed by atoms with Crippen LogP contribution in [0.15, 0.2) is 64.9 Å². The smallest absolute Gasteiger partial charge is 0.389 e. The molecule has 1 amide bonds. The number of nitrogens with one attached hydrogen (secondary N) is 1. The Kier molecular flexibility index (Phi) is 7.75. The molecule has 0 radical (unpaired) electrons. The number of carbonyl (C=O) groups excluding carboxylic acids is 1. The van der Waals surface area contributed by atoms with Gasteiger partial charge in [0.25, 0.3) is 0 Å². The molecule has 3 aromatic rings. The summed E-state index contributed by atoms with van der Waals surface area (Å²) >= 11 is 2.47. The molecule has 0 aliphatic heterocycles. The van der Waals surface area contributed by atoms with Crippen LogP contribution in [-0.4, -0.2) is 29.9 Å². The molecule has 0 aliphatic rings. The van der Waals surface area contributed by atoms with Crippen LogP contribution in [0.4, 0.5) is 18.3 Å². The molecule has 2 aromatic carbocycles. The van der Waals surface area contributed by atoms with Gasteiger partial charge in [0, 0.05) is 27.7 Å². The van der Waals surface area contributed by atoms with Crippen molar-refractivity contribution in [2.24, 2.45) is 0 Å². The molecule has 1 N–H and O–H groups in total. The number of carbonyl (C=O) groups is 1. The van der Waals surface area contributed by atoms with Gasteiger partial charge in [0.2, 0.25) is 5.91 Å². The first-order valence-corrected chi connectivity index (χ1v) is 11.1. The maximum atomic E-state index is 12.2. The molecule has 0 aliphatic carbocycles. The number of rotatable bonds is 8. The Bertz CT molecular complexity index is 1030. The number of nitrogens with zero attached hydrogens (tertiary/aromatic N) is 1. The quantitative estimate of drug-likeness (QED) is 0.305. The van der Waals surface area contributed by atoms with Crippen molar-refractivity contribution in [1.82, 2.24) is 4.98 Å². The van der Waals surface area contributed by atoms with Crippen LogP contribution < -0.4 is 10.1 Å². The van der Waals surface area contributed by atoms with Crippen molar-refractivity contribution in [2.75, 3.05) is 18.2 Å². The van der Waals surface area contributed by atoms with Gasteiger partial charge in [0.05, 0.1) is 19.2 Å². The molecule has 0 saturated carbocycles. The van der Waals surface area contributed by atoms with Crippen molar-refractivity contribution in [3.8, 4) is 17.0 Å². The predicted octanol–water partition coefficient (Wildman–Crippen LogP) is 6.52. The van der Waals surface area contributed by atoms with Crippen LogP contribution in [0.25, 0.3) is 17.3 Å². The van der Waals surface area contributed by atoms with E-state index in [-0.39, 0.29) is 11.7 Å². The van der Waals surface area contributed by atoms with Crippen LogP contribution in [0.1, 0.15) is 12.0 Å². The second kappa shape index (κ2) is 10.5. The highest BCUT2D eigenvalue weighted by Gasteiger charge is 2.26. The van der Waals surface area contributed by atoms with Crippen molar-refractivity contribution in [3.05, 3.63) is 65.6 Å². The average Bonchev–Trinajstić information content (AvgIpc) is 3.21. The minimum Gasteiger partial charge on any atom is -0.497 e. The normalized spacial score (nSPS) is 11.6. The Labute approximate surface area is 186 Å². The lowest BCUT2D eigenvalue weighted by molar-refractivity contribution is -0.129. The van der Waals surface area contributed by atoms with Gasteiger partial charge in [-0.1, -0.05) is 12.1 Å². The average molecular weight is 465 g/mol. The predicted molar refractivity (Wildman–Crippen MR) is 120 cm³/mol. The van der Waals surface area contributed by atoms with Crippen molar-refractivity contribution >= 4 is 40.2 Å². The molecule has 0 saturated heterocycles. The maximum Gasteiger partial charge on any atom is 0.389 e. The van der Waals surface area contributed by atoms with Crippen molar-refractivity contribution in [3.63, 3.8) is 0 Å². The Morgan fingerprint density at radius 1 is 1.16 bits per heavy atom. The number of hydrogen-bond donors (Lipinski definition) is 1. The fourth-order valence-electron chi connectivity index (χ4n) is 2.50. The number of anilines is 1. The Hall–Kier alpha value is -2.78.